The number of rotatable bonds is 2. The molecule has 2 aliphatic heterocycles. The highest BCUT2D eigenvalue weighted by molar-refractivity contribution is 6.01. The highest BCUT2D eigenvalue weighted by Gasteiger charge is 2.44. The number of hydrogen-bond acceptors (Lipinski definition) is 5. The van der Waals surface area contributed by atoms with E-state index in [1.54, 1.807) is 0 Å². The topological polar surface area (TPSA) is 55.6 Å². The van der Waals surface area contributed by atoms with Crippen molar-refractivity contribution in [1.29, 1.82) is 0 Å². The predicted octanol–water partition coefficient (Wildman–Crippen LogP) is 5.57. The summed E-state index contributed by atoms with van der Waals surface area (Å²) < 4.78 is 12.5. The molecule has 1 saturated heterocycles. The van der Waals surface area contributed by atoms with Crippen LogP contribution >= 0.6 is 0 Å². The van der Waals surface area contributed by atoms with E-state index >= 15 is 0 Å². The third-order valence-electron chi connectivity index (χ3n) is 6.53. The van der Waals surface area contributed by atoms with Gasteiger partial charge >= 0.3 is 0 Å². The second-order valence-corrected chi connectivity index (χ2v) is 9.21. The molecular formula is C25H28N2O3. The summed E-state index contributed by atoms with van der Waals surface area (Å²) in [7, 11) is 0. The minimum Gasteiger partial charge on any atom is -0.486 e. The fourth-order valence-electron chi connectivity index (χ4n) is 4.75. The van der Waals surface area contributed by atoms with Crippen LogP contribution in [-0.2, 0) is 0 Å². The maximum absolute atomic E-state index is 12.9. The van der Waals surface area contributed by atoms with Crippen LogP contribution in [0.3, 0.4) is 0 Å². The molecule has 5 rings (SSSR count). The van der Waals surface area contributed by atoms with E-state index in [2.05, 4.69) is 36.9 Å². The number of anilines is 1. The van der Waals surface area contributed by atoms with E-state index in [9.17, 15) is 4.79 Å². The van der Waals surface area contributed by atoms with Crippen LogP contribution in [0.4, 0.5) is 6.01 Å². The van der Waals surface area contributed by atoms with Crippen molar-refractivity contribution >= 4 is 22.9 Å². The number of oxazole rings is 1. The van der Waals surface area contributed by atoms with Gasteiger partial charge in [0.05, 0.1) is 12.0 Å². The van der Waals surface area contributed by atoms with Crippen LogP contribution in [0, 0.1) is 13.8 Å². The van der Waals surface area contributed by atoms with Gasteiger partial charge in [0.25, 0.3) is 6.01 Å². The third kappa shape index (κ3) is 3.17. The van der Waals surface area contributed by atoms with Crippen molar-refractivity contribution < 1.29 is 13.9 Å². The molecule has 30 heavy (non-hydrogen) atoms. The average molecular weight is 405 g/mol. The molecule has 5 heteroatoms. The summed E-state index contributed by atoms with van der Waals surface area (Å²) in [6.07, 6.45) is 2.00. The number of benzene rings is 2. The molecule has 1 aromatic heterocycles. The molecule has 2 aromatic carbocycles. The second kappa shape index (κ2) is 6.86. The standard InChI is InChI=1S/C25H28N2O3/c1-15(2)18-5-6-22-20(13-18)26-24(29-22)27-9-7-25(8-10-27)14-21(28)19-12-16(3)11-17(4)23(19)30-25/h5-6,11-13,15H,7-10,14H2,1-4H3. The van der Waals surface area contributed by atoms with E-state index < -0.39 is 5.60 Å². The number of Topliss-reactive ketones (excluding diaryl/α,β-unsaturated/α-hetero) is 1. The number of hydrogen-bond donors (Lipinski definition) is 0. The molecule has 0 bridgehead atoms. The summed E-state index contributed by atoms with van der Waals surface area (Å²) in [5, 5.41) is 0. The fourth-order valence-corrected chi connectivity index (χ4v) is 4.75. The molecule has 0 aliphatic carbocycles. The molecular weight excluding hydrogens is 376 g/mol. The Bertz CT molecular complexity index is 1140. The Hall–Kier alpha value is -2.82. The Morgan fingerprint density at radius 1 is 1.10 bits per heavy atom. The smallest absolute Gasteiger partial charge is 0.298 e. The van der Waals surface area contributed by atoms with E-state index in [1.165, 1.54) is 5.56 Å². The Morgan fingerprint density at radius 2 is 1.87 bits per heavy atom. The van der Waals surface area contributed by atoms with Crippen LogP contribution in [0.1, 0.15) is 66.1 Å². The summed E-state index contributed by atoms with van der Waals surface area (Å²) in [4.78, 5) is 19.8. The highest BCUT2D eigenvalue weighted by atomic mass is 16.5. The second-order valence-electron chi connectivity index (χ2n) is 9.21. The van der Waals surface area contributed by atoms with Crippen LogP contribution in [0.2, 0.25) is 0 Å². The third-order valence-corrected chi connectivity index (χ3v) is 6.53. The van der Waals surface area contributed by atoms with Crippen LogP contribution in [0.15, 0.2) is 34.7 Å². The van der Waals surface area contributed by atoms with Crippen molar-refractivity contribution in [3.63, 3.8) is 0 Å². The summed E-state index contributed by atoms with van der Waals surface area (Å²) in [5.74, 6) is 1.42. The summed E-state index contributed by atoms with van der Waals surface area (Å²) in [6, 6.07) is 10.9. The quantitative estimate of drug-likeness (QED) is 0.559. The first-order valence-electron chi connectivity index (χ1n) is 10.8. The van der Waals surface area contributed by atoms with Crippen molar-refractivity contribution in [2.75, 3.05) is 18.0 Å². The van der Waals surface area contributed by atoms with E-state index in [4.69, 9.17) is 14.1 Å². The lowest BCUT2D eigenvalue weighted by molar-refractivity contribution is 0.0220. The molecule has 0 atom stereocenters. The zero-order valence-electron chi connectivity index (χ0n) is 18.1. The number of nitrogens with zero attached hydrogens (tertiary/aromatic N) is 2. The van der Waals surface area contributed by atoms with Gasteiger partial charge in [-0.1, -0.05) is 26.0 Å². The summed E-state index contributed by atoms with van der Waals surface area (Å²) in [5.41, 5.74) is 5.44. The molecule has 0 unspecified atom stereocenters. The van der Waals surface area contributed by atoms with Gasteiger partial charge < -0.3 is 14.1 Å². The van der Waals surface area contributed by atoms with Gasteiger partial charge in [-0.15, -0.1) is 0 Å². The predicted molar refractivity (Wildman–Crippen MR) is 118 cm³/mol. The first-order valence-corrected chi connectivity index (χ1v) is 10.8. The van der Waals surface area contributed by atoms with Gasteiger partial charge in [-0.3, -0.25) is 4.79 Å². The maximum Gasteiger partial charge on any atom is 0.298 e. The van der Waals surface area contributed by atoms with Crippen molar-refractivity contribution in [2.24, 2.45) is 0 Å². The van der Waals surface area contributed by atoms with Crippen molar-refractivity contribution in [2.45, 2.75) is 58.5 Å². The molecule has 0 N–H and O–H groups in total. The molecule has 5 nitrogen and oxygen atoms in total. The molecule has 3 aromatic rings. The molecule has 1 spiro atoms. The molecule has 1 fully saturated rings. The van der Waals surface area contributed by atoms with E-state index in [-0.39, 0.29) is 5.78 Å². The minimum absolute atomic E-state index is 0.194. The van der Waals surface area contributed by atoms with Crippen molar-refractivity contribution in [1.82, 2.24) is 4.98 Å². The largest absolute Gasteiger partial charge is 0.486 e. The SMILES string of the molecule is Cc1cc(C)c2c(c1)C(=O)CC1(CCN(c3nc4cc(C(C)C)ccc4o3)CC1)O2. The van der Waals surface area contributed by atoms with Crippen LogP contribution in [0.5, 0.6) is 5.75 Å². The van der Waals surface area contributed by atoms with Crippen LogP contribution < -0.4 is 9.64 Å². The first-order chi connectivity index (χ1) is 14.3. The molecule has 2 aliphatic rings. The molecule has 0 radical (unpaired) electrons. The Kier molecular flexibility index (Phi) is 4.38. The molecule has 3 heterocycles. The van der Waals surface area contributed by atoms with Gasteiger partial charge in [-0.2, -0.15) is 4.98 Å². The van der Waals surface area contributed by atoms with Gasteiger partial charge in [-0.25, -0.2) is 0 Å². The van der Waals surface area contributed by atoms with E-state index in [1.807, 2.05) is 26.0 Å². The highest BCUT2D eigenvalue weighted by Crippen LogP contribution is 2.42. The fraction of sp³-hybridized carbons (Fsp3) is 0.440. The van der Waals surface area contributed by atoms with Crippen molar-refractivity contribution in [3.8, 4) is 5.75 Å². The lowest BCUT2D eigenvalue weighted by Gasteiger charge is -2.44. The molecule has 0 saturated carbocycles. The number of ketones is 1. The number of fused-ring (bicyclic) bond motifs is 2. The van der Waals surface area contributed by atoms with Crippen LogP contribution in [0.25, 0.3) is 11.1 Å². The first kappa shape index (κ1) is 19.2. The summed E-state index contributed by atoms with van der Waals surface area (Å²) >= 11 is 0. The average Bonchev–Trinajstić information content (AvgIpc) is 3.13. The lowest BCUT2D eigenvalue weighted by atomic mass is 9.81. The number of aryl methyl sites for hydroxylation is 2. The number of aromatic nitrogens is 1. The number of carbonyl (C=O) groups excluding carboxylic acids is 1. The van der Waals surface area contributed by atoms with Gasteiger partial charge in [0, 0.05) is 25.9 Å². The Labute approximate surface area is 177 Å². The lowest BCUT2D eigenvalue weighted by Crippen LogP contribution is -2.51. The van der Waals surface area contributed by atoms with E-state index in [0.29, 0.717) is 18.4 Å². The van der Waals surface area contributed by atoms with Crippen LogP contribution in [-0.4, -0.2) is 29.5 Å². The van der Waals surface area contributed by atoms with Crippen molar-refractivity contribution in [3.05, 3.63) is 52.6 Å². The number of carbonyl (C=O) groups is 1. The Balaban J connectivity index is 1.36. The number of ether oxygens (including phenoxy) is 1. The molecule has 0 amide bonds. The zero-order valence-corrected chi connectivity index (χ0v) is 18.1. The zero-order chi connectivity index (χ0) is 21.0. The number of piperidine rings is 1. The summed E-state index contributed by atoms with van der Waals surface area (Å²) in [6.45, 7) is 9.93. The maximum atomic E-state index is 12.9. The van der Waals surface area contributed by atoms with Gasteiger partial charge in [0.15, 0.2) is 11.4 Å². The van der Waals surface area contributed by atoms with Gasteiger partial charge in [0.1, 0.15) is 16.9 Å². The van der Waals surface area contributed by atoms with Gasteiger partial charge in [-0.05, 0) is 54.7 Å². The monoisotopic (exact) mass is 404 g/mol. The minimum atomic E-state index is -0.419. The molecule has 156 valence electrons. The van der Waals surface area contributed by atoms with E-state index in [0.717, 1.165) is 59.5 Å². The van der Waals surface area contributed by atoms with Gasteiger partial charge in [0.2, 0.25) is 0 Å². The Morgan fingerprint density at radius 3 is 2.60 bits per heavy atom. The normalized spacial score (nSPS) is 18.2.